The van der Waals surface area contributed by atoms with Gasteiger partial charge in [-0.15, -0.1) is 0 Å². The highest BCUT2D eigenvalue weighted by atomic mass is 79.9. The number of nitrogens with zero attached hydrogens (tertiary/aromatic N) is 2. The van der Waals surface area contributed by atoms with Crippen molar-refractivity contribution in [1.29, 1.82) is 0 Å². The summed E-state index contributed by atoms with van der Waals surface area (Å²) in [6.07, 6.45) is 3.21. The molecule has 4 rings (SSSR count). The van der Waals surface area contributed by atoms with Crippen LogP contribution in [0, 0.1) is 0 Å². The molecule has 8 heteroatoms. The van der Waals surface area contributed by atoms with E-state index in [1.165, 1.54) is 0 Å². The summed E-state index contributed by atoms with van der Waals surface area (Å²) in [5, 5.41) is 5.23. The van der Waals surface area contributed by atoms with E-state index in [1.807, 2.05) is 53.1 Å². The van der Waals surface area contributed by atoms with Crippen molar-refractivity contribution in [2.75, 3.05) is 6.61 Å². The number of para-hydroxylation sites is 2. The van der Waals surface area contributed by atoms with Gasteiger partial charge in [0.05, 0.1) is 26.2 Å². The van der Waals surface area contributed by atoms with Gasteiger partial charge >= 0.3 is 0 Å². The number of benzene rings is 3. The Balaban J connectivity index is 1.56. The first-order chi connectivity index (χ1) is 16.0. The van der Waals surface area contributed by atoms with E-state index in [4.69, 9.17) is 4.74 Å². The number of fused-ring (bicyclic) bond motifs is 2. The third-order valence-corrected chi connectivity index (χ3v) is 6.13. The van der Waals surface area contributed by atoms with Crippen LogP contribution < -0.4 is 15.6 Å². The molecule has 0 saturated heterocycles. The second-order valence-electron chi connectivity index (χ2n) is 7.16. The molecule has 0 aliphatic rings. The van der Waals surface area contributed by atoms with Crippen molar-refractivity contribution in [3.63, 3.8) is 0 Å². The summed E-state index contributed by atoms with van der Waals surface area (Å²) < 4.78 is 8.93. The number of aromatic nitrogens is 1. The predicted octanol–water partition coefficient (Wildman–Crippen LogP) is 5.39. The lowest BCUT2D eigenvalue weighted by molar-refractivity contribution is -0.121. The van der Waals surface area contributed by atoms with Crippen molar-refractivity contribution >= 4 is 65.8 Å². The second-order valence-corrected chi connectivity index (χ2v) is 8.86. The minimum absolute atomic E-state index is 0.0143. The maximum absolute atomic E-state index is 12.8. The Bertz CT molecular complexity index is 1380. The summed E-state index contributed by atoms with van der Waals surface area (Å²) in [4.78, 5) is 25.5. The van der Waals surface area contributed by atoms with Gasteiger partial charge in [-0.05, 0) is 73.8 Å². The lowest BCUT2D eigenvalue weighted by Crippen LogP contribution is -2.25. The van der Waals surface area contributed by atoms with Crippen molar-refractivity contribution < 1.29 is 9.53 Å². The normalized spacial score (nSPS) is 11.2. The molecule has 0 bridgehead atoms. The molecule has 0 atom stereocenters. The van der Waals surface area contributed by atoms with Gasteiger partial charge in [-0.2, -0.15) is 5.10 Å². The number of amides is 1. The van der Waals surface area contributed by atoms with Gasteiger partial charge in [0.25, 0.3) is 5.91 Å². The number of rotatable bonds is 7. The zero-order chi connectivity index (χ0) is 23.4. The fourth-order valence-corrected chi connectivity index (χ4v) is 4.99. The zero-order valence-corrected chi connectivity index (χ0v) is 20.6. The average molecular weight is 569 g/mol. The number of hydrogen-bond acceptors (Lipinski definition) is 4. The van der Waals surface area contributed by atoms with Crippen molar-refractivity contribution in [3.8, 4) is 5.75 Å². The molecule has 6 nitrogen and oxygen atoms in total. The molecule has 166 valence electrons. The van der Waals surface area contributed by atoms with Crippen LogP contribution in [0.15, 0.2) is 92.2 Å². The fourth-order valence-electron chi connectivity index (χ4n) is 3.54. The number of hydrazone groups is 1. The van der Waals surface area contributed by atoms with Gasteiger partial charge < -0.3 is 9.30 Å². The average Bonchev–Trinajstić information content (AvgIpc) is 2.81. The summed E-state index contributed by atoms with van der Waals surface area (Å²) in [6, 6.07) is 18.2. The highest BCUT2D eigenvalue weighted by Crippen LogP contribution is 2.34. The number of pyridine rings is 1. The van der Waals surface area contributed by atoms with E-state index in [-0.39, 0.29) is 17.9 Å². The van der Waals surface area contributed by atoms with Crippen LogP contribution in [0.4, 0.5) is 0 Å². The van der Waals surface area contributed by atoms with E-state index in [2.05, 4.69) is 49.0 Å². The van der Waals surface area contributed by atoms with Gasteiger partial charge in [0.1, 0.15) is 18.9 Å². The van der Waals surface area contributed by atoms with E-state index < -0.39 is 0 Å². The molecule has 0 aliphatic heterocycles. The number of carbonyl (C=O) groups is 1. The Morgan fingerprint density at radius 1 is 1.03 bits per heavy atom. The topological polar surface area (TPSA) is 72.7 Å². The van der Waals surface area contributed by atoms with Crippen LogP contribution in [-0.2, 0) is 11.3 Å². The van der Waals surface area contributed by atoms with E-state index in [1.54, 1.807) is 24.4 Å². The smallest absolute Gasteiger partial charge is 0.260 e. The first kappa shape index (κ1) is 22.9. The summed E-state index contributed by atoms with van der Waals surface area (Å²) in [5.74, 6) is 0.349. The number of carbonyl (C=O) groups excluding carboxylic acids is 1. The predicted molar refractivity (Wildman–Crippen MR) is 139 cm³/mol. The van der Waals surface area contributed by atoms with Crippen LogP contribution in [0.5, 0.6) is 5.75 Å². The van der Waals surface area contributed by atoms with Gasteiger partial charge in [-0.3, -0.25) is 9.59 Å². The molecule has 1 aromatic heterocycles. The molecule has 0 saturated carbocycles. The molecule has 1 N–H and O–H groups in total. The van der Waals surface area contributed by atoms with Gasteiger partial charge in [0, 0.05) is 10.8 Å². The molecule has 0 unspecified atom stereocenters. The van der Waals surface area contributed by atoms with Crippen molar-refractivity contribution in [1.82, 2.24) is 9.99 Å². The van der Waals surface area contributed by atoms with Gasteiger partial charge in [0.2, 0.25) is 0 Å². The zero-order valence-electron chi connectivity index (χ0n) is 17.4. The van der Waals surface area contributed by atoms with Crippen molar-refractivity contribution in [2.24, 2.45) is 5.10 Å². The van der Waals surface area contributed by atoms with Crippen LogP contribution in [0.1, 0.15) is 5.56 Å². The Morgan fingerprint density at radius 2 is 1.61 bits per heavy atom. The third-order valence-electron chi connectivity index (χ3n) is 4.95. The maximum Gasteiger partial charge on any atom is 0.260 e. The van der Waals surface area contributed by atoms with Crippen LogP contribution in [-0.4, -0.2) is 23.3 Å². The lowest BCUT2D eigenvalue weighted by Gasteiger charge is -2.14. The third kappa shape index (κ3) is 4.91. The quantitative estimate of drug-likeness (QED) is 0.140. The monoisotopic (exact) mass is 567 g/mol. The minimum Gasteiger partial charge on any atom is -0.487 e. The highest BCUT2D eigenvalue weighted by Gasteiger charge is 2.13. The van der Waals surface area contributed by atoms with E-state index in [0.29, 0.717) is 34.2 Å². The molecule has 0 aliphatic carbocycles. The summed E-state index contributed by atoms with van der Waals surface area (Å²) >= 11 is 6.96. The molecule has 4 aromatic rings. The van der Waals surface area contributed by atoms with E-state index >= 15 is 0 Å². The van der Waals surface area contributed by atoms with Crippen molar-refractivity contribution in [3.05, 3.63) is 98.1 Å². The molecule has 3 aromatic carbocycles. The van der Waals surface area contributed by atoms with Gasteiger partial charge in [-0.1, -0.05) is 36.9 Å². The van der Waals surface area contributed by atoms with Crippen LogP contribution >= 0.6 is 31.9 Å². The number of ether oxygens (including phenoxy) is 1. The second kappa shape index (κ2) is 10.1. The van der Waals surface area contributed by atoms with E-state index in [0.717, 1.165) is 14.5 Å². The van der Waals surface area contributed by atoms with Gasteiger partial charge in [-0.25, -0.2) is 5.43 Å². The number of nitrogens with one attached hydrogen (secondary N) is 1. The Hall–Kier alpha value is -3.23. The largest absolute Gasteiger partial charge is 0.487 e. The minimum atomic E-state index is -0.311. The summed E-state index contributed by atoms with van der Waals surface area (Å²) in [6.45, 7) is 4.04. The van der Waals surface area contributed by atoms with E-state index in [9.17, 15) is 9.59 Å². The molecular formula is C25H19Br2N3O3. The maximum atomic E-state index is 12.8. The lowest BCUT2D eigenvalue weighted by atomic mass is 10.1. The summed E-state index contributed by atoms with van der Waals surface area (Å²) in [7, 11) is 0. The molecule has 0 fully saturated rings. The van der Waals surface area contributed by atoms with Gasteiger partial charge in [0.15, 0.2) is 5.43 Å². The Labute approximate surface area is 206 Å². The van der Waals surface area contributed by atoms with Crippen LogP contribution in [0.25, 0.3) is 21.8 Å². The molecule has 1 heterocycles. The summed E-state index contributed by atoms with van der Waals surface area (Å²) in [5.41, 5.74) is 4.68. The molecule has 0 radical (unpaired) electrons. The molecule has 0 spiro atoms. The molecular weight excluding hydrogens is 550 g/mol. The first-order valence-electron chi connectivity index (χ1n) is 10.0. The SMILES string of the molecule is C=CCOc1c(Br)cc(C=NNC(=O)Cn2c3ccccc3c(=O)c3ccccc32)cc1Br. The van der Waals surface area contributed by atoms with Crippen LogP contribution in [0.3, 0.4) is 0 Å². The standard InChI is InChI=1S/C25H19Br2N3O3/c1-2-11-33-25-19(26)12-16(13-20(25)27)14-28-29-23(31)15-30-21-9-5-3-7-17(21)24(32)18-8-4-6-10-22(18)30/h2-10,12-14H,1,11,15H2,(H,29,31). The Kier molecular flexibility index (Phi) is 7.05. The van der Waals surface area contributed by atoms with Crippen LogP contribution in [0.2, 0.25) is 0 Å². The Morgan fingerprint density at radius 3 is 2.18 bits per heavy atom. The molecule has 33 heavy (non-hydrogen) atoms. The van der Waals surface area contributed by atoms with Crippen molar-refractivity contribution in [2.45, 2.75) is 6.54 Å². The highest BCUT2D eigenvalue weighted by molar-refractivity contribution is 9.11. The fraction of sp³-hybridized carbons (Fsp3) is 0.0800. The first-order valence-corrected chi connectivity index (χ1v) is 11.6. The molecule has 1 amide bonds. The number of hydrogen-bond donors (Lipinski definition) is 1. The number of halogens is 2.